The van der Waals surface area contributed by atoms with E-state index in [1.165, 1.54) is 11.1 Å². The van der Waals surface area contributed by atoms with E-state index in [0.29, 0.717) is 5.92 Å². The van der Waals surface area contributed by atoms with E-state index >= 15 is 0 Å². The van der Waals surface area contributed by atoms with Crippen LogP contribution in [-0.4, -0.2) is 29.2 Å². The van der Waals surface area contributed by atoms with Gasteiger partial charge in [0.15, 0.2) is 0 Å². The van der Waals surface area contributed by atoms with Gasteiger partial charge in [-0.2, -0.15) is 0 Å². The van der Waals surface area contributed by atoms with Crippen LogP contribution in [0.1, 0.15) is 44.2 Å². The van der Waals surface area contributed by atoms with Crippen LogP contribution in [0.3, 0.4) is 0 Å². The lowest BCUT2D eigenvalue weighted by Gasteiger charge is -2.28. The molecule has 2 aromatic rings. The Balaban J connectivity index is 1.79. The number of ether oxygens (including phenoxy) is 1. The first-order chi connectivity index (χ1) is 11.9. The van der Waals surface area contributed by atoms with E-state index in [1.807, 2.05) is 37.8 Å². The Bertz CT molecular complexity index is 691. The normalized spacial score (nSPS) is 20.5. The minimum Gasteiger partial charge on any atom is -0.444 e. The summed E-state index contributed by atoms with van der Waals surface area (Å²) in [6, 6.07) is 21.0. The molecule has 0 bridgehead atoms. The summed E-state index contributed by atoms with van der Waals surface area (Å²) in [6.45, 7) is 6.47. The van der Waals surface area contributed by atoms with Crippen LogP contribution in [0.25, 0.3) is 0 Å². The Labute approximate surface area is 150 Å². The lowest BCUT2D eigenvalue weighted by Crippen LogP contribution is -2.40. The van der Waals surface area contributed by atoms with Crippen LogP contribution in [-0.2, 0) is 11.2 Å². The van der Waals surface area contributed by atoms with E-state index < -0.39 is 5.60 Å². The lowest BCUT2D eigenvalue weighted by atomic mass is 9.94. The Kier molecular flexibility index (Phi) is 5.12. The van der Waals surface area contributed by atoms with Gasteiger partial charge in [0.2, 0.25) is 0 Å². The maximum Gasteiger partial charge on any atom is 0.410 e. The number of hydrogen-bond acceptors (Lipinski definition) is 2. The van der Waals surface area contributed by atoms with Crippen molar-refractivity contribution in [2.75, 3.05) is 6.54 Å². The van der Waals surface area contributed by atoms with Crippen molar-refractivity contribution in [1.29, 1.82) is 0 Å². The molecule has 0 aliphatic carbocycles. The summed E-state index contributed by atoms with van der Waals surface area (Å²) in [6.07, 6.45) is 1.63. The second-order valence-electron chi connectivity index (χ2n) is 7.82. The molecular weight excluding hydrogens is 310 g/mol. The molecule has 0 N–H and O–H groups in total. The molecule has 0 aromatic heterocycles. The predicted octanol–water partition coefficient (Wildman–Crippen LogP) is 5.02. The molecule has 3 rings (SSSR count). The second-order valence-corrected chi connectivity index (χ2v) is 7.82. The number of rotatable bonds is 3. The third kappa shape index (κ3) is 4.62. The number of benzene rings is 2. The van der Waals surface area contributed by atoms with Gasteiger partial charge in [0.25, 0.3) is 0 Å². The number of carbonyl (C=O) groups is 1. The largest absolute Gasteiger partial charge is 0.444 e. The highest BCUT2D eigenvalue weighted by molar-refractivity contribution is 5.69. The first-order valence-corrected chi connectivity index (χ1v) is 9.01. The highest BCUT2D eigenvalue weighted by Gasteiger charge is 2.37. The summed E-state index contributed by atoms with van der Waals surface area (Å²) in [5.74, 6) is 0.363. The first-order valence-electron chi connectivity index (χ1n) is 9.01. The van der Waals surface area contributed by atoms with Crippen LogP contribution in [0.15, 0.2) is 60.7 Å². The summed E-state index contributed by atoms with van der Waals surface area (Å²) in [4.78, 5) is 14.7. The number of carbonyl (C=O) groups excluding carboxylic acids is 1. The average Bonchev–Trinajstić information content (AvgIpc) is 2.99. The van der Waals surface area contributed by atoms with Crippen molar-refractivity contribution in [3.05, 3.63) is 71.8 Å². The molecule has 1 aliphatic rings. The number of hydrogen-bond donors (Lipinski definition) is 0. The molecule has 0 spiro atoms. The molecular formula is C22H27NO2. The van der Waals surface area contributed by atoms with Gasteiger partial charge in [0.1, 0.15) is 5.60 Å². The maximum atomic E-state index is 12.7. The highest BCUT2D eigenvalue weighted by atomic mass is 16.6. The SMILES string of the molecule is CC(C)(C)OC(=O)N1C[C@H](c2ccccc2)C[C@H]1Cc1ccccc1. The molecule has 0 saturated carbocycles. The fraction of sp³-hybridized carbons (Fsp3) is 0.409. The van der Waals surface area contributed by atoms with Gasteiger partial charge in [-0.05, 0) is 44.7 Å². The summed E-state index contributed by atoms with van der Waals surface area (Å²) >= 11 is 0. The smallest absolute Gasteiger partial charge is 0.410 e. The Morgan fingerprint density at radius 1 is 1.04 bits per heavy atom. The van der Waals surface area contributed by atoms with Crippen molar-refractivity contribution in [2.45, 2.75) is 51.2 Å². The fourth-order valence-corrected chi connectivity index (χ4v) is 3.51. The molecule has 2 aromatic carbocycles. The van der Waals surface area contributed by atoms with Gasteiger partial charge in [0.05, 0.1) is 0 Å². The highest BCUT2D eigenvalue weighted by Crippen LogP contribution is 2.34. The molecule has 25 heavy (non-hydrogen) atoms. The fourth-order valence-electron chi connectivity index (χ4n) is 3.51. The van der Waals surface area contributed by atoms with E-state index in [-0.39, 0.29) is 12.1 Å². The molecule has 1 aliphatic heterocycles. The monoisotopic (exact) mass is 337 g/mol. The molecule has 3 nitrogen and oxygen atoms in total. The molecule has 1 heterocycles. The zero-order valence-corrected chi connectivity index (χ0v) is 15.3. The lowest BCUT2D eigenvalue weighted by molar-refractivity contribution is 0.0225. The van der Waals surface area contributed by atoms with E-state index in [4.69, 9.17) is 4.74 Å². The summed E-state index contributed by atoms with van der Waals surface area (Å²) in [5, 5.41) is 0. The molecule has 0 unspecified atom stereocenters. The zero-order valence-electron chi connectivity index (χ0n) is 15.3. The van der Waals surface area contributed by atoms with Crippen molar-refractivity contribution in [3.8, 4) is 0 Å². The van der Waals surface area contributed by atoms with Crippen LogP contribution in [0.5, 0.6) is 0 Å². The van der Waals surface area contributed by atoms with Gasteiger partial charge >= 0.3 is 6.09 Å². The number of amides is 1. The Hall–Kier alpha value is -2.29. The number of nitrogens with zero attached hydrogens (tertiary/aromatic N) is 1. The minimum atomic E-state index is -0.473. The Morgan fingerprint density at radius 2 is 1.64 bits per heavy atom. The molecule has 132 valence electrons. The molecule has 1 amide bonds. The quantitative estimate of drug-likeness (QED) is 0.787. The van der Waals surface area contributed by atoms with Crippen molar-refractivity contribution in [3.63, 3.8) is 0 Å². The maximum absolute atomic E-state index is 12.7. The van der Waals surface area contributed by atoms with E-state index in [2.05, 4.69) is 48.5 Å². The molecule has 3 heteroatoms. The molecule has 0 radical (unpaired) electrons. The van der Waals surface area contributed by atoms with Gasteiger partial charge < -0.3 is 9.64 Å². The zero-order chi connectivity index (χ0) is 17.9. The summed E-state index contributed by atoms with van der Waals surface area (Å²) < 4.78 is 5.66. The Morgan fingerprint density at radius 3 is 2.24 bits per heavy atom. The van der Waals surface area contributed by atoms with Gasteiger partial charge in [-0.1, -0.05) is 60.7 Å². The predicted molar refractivity (Wildman–Crippen MR) is 101 cm³/mol. The standard InChI is InChI=1S/C22H27NO2/c1-22(2,3)25-21(24)23-16-19(18-12-8-5-9-13-18)15-20(23)14-17-10-6-4-7-11-17/h4-13,19-20H,14-16H2,1-3H3/t19-,20-/m1/s1. The van der Waals surface area contributed by atoms with Crippen LogP contribution < -0.4 is 0 Å². The van der Waals surface area contributed by atoms with Crippen molar-refractivity contribution < 1.29 is 9.53 Å². The third-order valence-electron chi connectivity index (χ3n) is 4.63. The topological polar surface area (TPSA) is 29.5 Å². The van der Waals surface area contributed by atoms with Crippen LogP contribution in [0, 0.1) is 0 Å². The van der Waals surface area contributed by atoms with Crippen molar-refractivity contribution in [2.24, 2.45) is 0 Å². The van der Waals surface area contributed by atoms with Crippen LogP contribution >= 0.6 is 0 Å². The third-order valence-corrected chi connectivity index (χ3v) is 4.63. The van der Waals surface area contributed by atoms with Gasteiger partial charge in [-0.3, -0.25) is 0 Å². The molecule has 2 atom stereocenters. The van der Waals surface area contributed by atoms with Crippen molar-refractivity contribution >= 4 is 6.09 Å². The van der Waals surface area contributed by atoms with E-state index in [1.54, 1.807) is 0 Å². The summed E-state index contributed by atoms with van der Waals surface area (Å²) in [5.41, 5.74) is 2.08. The van der Waals surface area contributed by atoms with Gasteiger partial charge in [-0.15, -0.1) is 0 Å². The van der Waals surface area contributed by atoms with Gasteiger partial charge in [0, 0.05) is 18.5 Å². The van der Waals surface area contributed by atoms with Crippen molar-refractivity contribution in [1.82, 2.24) is 4.90 Å². The first kappa shape index (κ1) is 17.5. The summed E-state index contributed by atoms with van der Waals surface area (Å²) in [7, 11) is 0. The minimum absolute atomic E-state index is 0.169. The number of likely N-dealkylation sites (tertiary alicyclic amines) is 1. The van der Waals surface area contributed by atoms with Gasteiger partial charge in [-0.25, -0.2) is 4.79 Å². The average molecular weight is 337 g/mol. The molecule has 1 saturated heterocycles. The van der Waals surface area contributed by atoms with E-state index in [9.17, 15) is 4.79 Å². The second kappa shape index (κ2) is 7.30. The molecule has 1 fully saturated rings. The van der Waals surface area contributed by atoms with Crippen LogP contribution in [0.4, 0.5) is 4.79 Å². The van der Waals surface area contributed by atoms with E-state index in [0.717, 1.165) is 19.4 Å². The van der Waals surface area contributed by atoms with Crippen LogP contribution in [0.2, 0.25) is 0 Å².